The Morgan fingerprint density at radius 1 is 0.976 bits per heavy atom. The summed E-state index contributed by atoms with van der Waals surface area (Å²) in [6.45, 7) is 5.15. The molecule has 4 amide bonds. The number of carbonyl (C=O) groups excluding carboxylic acids is 4. The molecule has 0 aliphatic heterocycles. The minimum Gasteiger partial charge on any atom is -0.449 e. The van der Waals surface area contributed by atoms with Crippen LogP contribution in [0.3, 0.4) is 0 Å². The molecular weight excluding hydrogens is 524 g/mol. The van der Waals surface area contributed by atoms with Crippen LogP contribution < -0.4 is 16.0 Å². The number of amides is 4. The van der Waals surface area contributed by atoms with Crippen molar-refractivity contribution in [3.63, 3.8) is 0 Å². The fraction of sp³-hybridized carbons (Fsp3) is 0.484. The second-order valence-corrected chi connectivity index (χ2v) is 11.0. The lowest BCUT2D eigenvalue weighted by Gasteiger charge is -2.28. The van der Waals surface area contributed by atoms with Crippen LogP contribution in [-0.2, 0) is 19.1 Å². The second-order valence-electron chi connectivity index (χ2n) is 11.0. The van der Waals surface area contributed by atoms with Crippen molar-refractivity contribution >= 4 is 24.0 Å². The Labute approximate surface area is 243 Å². The van der Waals surface area contributed by atoms with Crippen molar-refractivity contribution < 1.29 is 30.0 Å². The van der Waals surface area contributed by atoms with Gasteiger partial charge in [-0.25, -0.2) is 9.59 Å². The van der Waals surface area contributed by atoms with Crippen LogP contribution >= 0.6 is 0 Å². The zero-order chi connectivity index (χ0) is 30.7. The minimum atomic E-state index is -0.708. The predicted molar refractivity (Wildman–Crippen MR) is 156 cm³/mol. The van der Waals surface area contributed by atoms with Crippen LogP contribution in [0.25, 0.3) is 11.1 Å². The Morgan fingerprint density at radius 3 is 2.20 bits per heavy atom. The first-order chi connectivity index (χ1) is 20.0. The molecule has 1 atom stereocenters. The molecule has 2 aromatic rings. The van der Waals surface area contributed by atoms with E-state index in [-0.39, 0.29) is 31.5 Å². The smallest absolute Gasteiger partial charge is 0.407 e. The maximum atomic E-state index is 12.5. The van der Waals surface area contributed by atoms with Gasteiger partial charge in [-0.2, -0.15) is 0 Å². The third-order valence-electron chi connectivity index (χ3n) is 6.72. The maximum absolute atomic E-state index is 12.5. The molecule has 10 nitrogen and oxygen atoms in total. The molecule has 0 heterocycles. The first-order valence-corrected chi connectivity index (χ1v) is 13.9. The summed E-state index contributed by atoms with van der Waals surface area (Å²) in [6.07, 6.45) is 0.521. The lowest BCUT2D eigenvalue weighted by molar-refractivity contribution is -0.134. The Hall–Kier alpha value is -4.08. The molecule has 0 saturated carbocycles. The zero-order valence-corrected chi connectivity index (χ0v) is 24.3. The van der Waals surface area contributed by atoms with Crippen LogP contribution in [0.15, 0.2) is 48.5 Å². The third-order valence-corrected chi connectivity index (χ3v) is 6.72. The molecule has 0 saturated heterocycles. The third kappa shape index (κ3) is 9.51. The van der Waals surface area contributed by atoms with Crippen molar-refractivity contribution in [3.05, 3.63) is 59.7 Å². The van der Waals surface area contributed by atoms with Gasteiger partial charge in [0.2, 0.25) is 11.8 Å². The molecule has 2 aromatic carbocycles. The molecule has 0 fully saturated rings. The predicted octanol–water partition coefficient (Wildman–Crippen LogP) is 4.18. The van der Waals surface area contributed by atoms with Crippen molar-refractivity contribution in [2.75, 3.05) is 33.3 Å². The van der Waals surface area contributed by atoms with Gasteiger partial charge < -0.3 is 30.3 Å². The normalized spacial score (nSPS) is 13.2. The molecule has 0 unspecified atom stereocenters. The number of ether oxygens (including phenoxy) is 2. The summed E-state index contributed by atoms with van der Waals surface area (Å²) in [4.78, 5) is 50.4. The fourth-order valence-corrected chi connectivity index (χ4v) is 4.81. The van der Waals surface area contributed by atoms with Gasteiger partial charge >= 0.3 is 12.2 Å². The SMILES string of the molecule is [3H]CC(=O)N(CC(=O)NC)C[C@H](CCCCNC(=O)OCC1c2ccccc2-c2ccccc21)NC(=O)OC(C)(C)C. The molecule has 0 spiro atoms. The second kappa shape index (κ2) is 14.5. The number of rotatable bonds is 12. The van der Waals surface area contributed by atoms with E-state index in [4.69, 9.17) is 10.8 Å². The van der Waals surface area contributed by atoms with Gasteiger partial charge in [0, 0.05) is 40.4 Å². The Morgan fingerprint density at radius 2 is 1.61 bits per heavy atom. The minimum absolute atomic E-state index is 0.0213. The highest BCUT2D eigenvalue weighted by atomic mass is 16.6. The lowest BCUT2D eigenvalue weighted by Crippen LogP contribution is -2.49. The highest BCUT2D eigenvalue weighted by Crippen LogP contribution is 2.44. The number of benzene rings is 2. The lowest BCUT2D eigenvalue weighted by atomic mass is 9.98. The number of alkyl carbamates (subject to hydrolysis) is 2. The van der Waals surface area contributed by atoms with Crippen molar-refractivity contribution in [3.8, 4) is 11.1 Å². The van der Waals surface area contributed by atoms with E-state index in [9.17, 15) is 19.2 Å². The van der Waals surface area contributed by atoms with E-state index in [1.807, 2.05) is 24.3 Å². The number of nitrogens with zero attached hydrogens (tertiary/aromatic N) is 1. The Balaban J connectivity index is 1.49. The standard InChI is InChI=1S/C31H42N4O6/c1-21(36)35(19-28(37)32-5)18-22(34-30(39)41-31(2,3)4)12-10-11-17-33-29(38)40-20-27-25-15-8-6-13-23(25)24-14-7-9-16-26(24)27/h6-9,13-16,22,27H,10-12,17-20H2,1-5H3,(H,32,37)(H,33,38)(H,34,39)/t22-/m0/s1/i1T. The van der Waals surface area contributed by atoms with Gasteiger partial charge in [0.15, 0.2) is 0 Å². The monoisotopic (exact) mass is 568 g/mol. The van der Waals surface area contributed by atoms with Crippen molar-refractivity contribution in [2.24, 2.45) is 0 Å². The number of hydrogen-bond acceptors (Lipinski definition) is 6. The summed E-state index contributed by atoms with van der Waals surface area (Å²) >= 11 is 0. The quantitative estimate of drug-likeness (QED) is 0.330. The number of hydrogen-bond donors (Lipinski definition) is 3. The van der Waals surface area contributed by atoms with Gasteiger partial charge in [-0.15, -0.1) is 0 Å². The maximum Gasteiger partial charge on any atom is 0.407 e. The van der Waals surface area contributed by atoms with Gasteiger partial charge in [0.1, 0.15) is 12.2 Å². The van der Waals surface area contributed by atoms with Gasteiger partial charge in [-0.05, 0) is 62.3 Å². The Kier molecular flexibility index (Phi) is 10.6. The van der Waals surface area contributed by atoms with E-state index in [0.29, 0.717) is 25.8 Å². The van der Waals surface area contributed by atoms with Crippen molar-refractivity contribution in [1.29, 1.82) is 0 Å². The number of fused-ring (bicyclic) bond motifs is 3. The van der Waals surface area contributed by atoms with Crippen LogP contribution in [0.2, 0.25) is 0 Å². The number of likely N-dealkylation sites (N-methyl/N-ethyl adjacent to an activating group) is 1. The number of unbranched alkanes of at least 4 members (excludes halogenated alkanes) is 1. The topological polar surface area (TPSA) is 126 Å². The molecule has 3 N–H and O–H groups in total. The highest BCUT2D eigenvalue weighted by molar-refractivity contribution is 5.83. The molecule has 0 aromatic heterocycles. The number of nitrogens with one attached hydrogen (secondary N) is 3. The van der Waals surface area contributed by atoms with Crippen LogP contribution in [-0.4, -0.2) is 73.8 Å². The van der Waals surface area contributed by atoms with E-state index in [1.54, 1.807) is 20.8 Å². The molecule has 222 valence electrons. The highest BCUT2D eigenvalue weighted by Gasteiger charge is 2.29. The summed E-state index contributed by atoms with van der Waals surface area (Å²) in [5.41, 5.74) is 3.90. The summed E-state index contributed by atoms with van der Waals surface area (Å²) in [7, 11) is 1.46. The average Bonchev–Trinajstić information content (AvgIpc) is 3.27. The van der Waals surface area contributed by atoms with E-state index < -0.39 is 36.6 Å². The van der Waals surface area contributed by atoms with E-state index in [2.05, 4.69) is 40.2 Å². The Bertz CT molecular complexity index is 1200. The van der Waals surface area contributed by atoms with Crippen LogP contribution in [0.5, 0.6) is 0 Å². The van der Waals surface area contributed by atoms with Crippen molar-refractivity contribution in [2.45, 2.75) is 64.5 Å². The first-order valence-electron chi connectivity index (χ1n) is 14.6. The molecule has 10 heteroatoms. The summed E-state index contributed by atoms with van der Waals surface area (Å²) in [6, 6.07) is 15.8. The molecule has 1 aliphatic rings. The number of carbonyl (C=O) groups is 4. The van der Waals surface area contributed by atoms with Crippen LogP contribution in [0, 0.1) is 0 Å². The zero-order valence-electron chi connectivity index (χ0n) is 25.3. The van der Waals surface area contributed by atoms with E-state index in [0.717, 1.165) is 22.3 Å². The molecule has 41 heavy (non-hydrogen) atoms. The van der Waals surface area contributed by atoms with Crippen LogP contribution in [0.4, 0.5) is 9.59 Å². The van der Waals surface area contributed by atoms with Gasteiger partial charge in [-0.3, -0.25) is 9.59 Å². The summed E-state index contributed by atoms with van der Waals surface area (Å²) < 4.78 is 18.4. The largest absolute Gasteiger partial charge is 0.449 e. The van der Waals surface area contributed by atoms with Gasteiger partial charge in [0.05, 0.1) is 6.54 Å². The fourth-order valence-electron chi connectivity index (χ4n) is 4.81. The van der Waals surface area contributed by atoms with Gasteiger partial charge in [-0.1, -0.05) is 48.5 Å². The van der Waals surface area contributed by atoms with Crippen LogP contribution in [0.1, 0.15) is 65.3 Å². The average molecular weight is 569 g/mol. The molecule has 3 rings (SSSR count). The molecule has 0 bridgehead atoms. The van der Waals surface area contributed by atoms with E-state index >= 15 is 0 Å². The van der Waals surface area contributed by atoms with Crippen molar-refractivity contribution in [1.82, 2.24) is 20.9 Å². The first kappa shape index (κ1) is 29.9. The molecule has 0 radical (unpaired) electrons. The van der Waals surface area contributed by atoms with E-state index in [1.165, 1.54) is 11.9 Å². The summed E-state index contributed by atoms with van der Waals surface area (Å²) in [5.74, 6) is -0.918. The molecule has 1 aliphatic carbocycles. The van der Waals surface area contributed by atoms with Gasteiger partial charge in [0.25, 0.3) is 0 Å². The molecular formula is C31H42N4O6. The summed E-state index contributed by atoms with van der Waals surface area (Å²) in [5, 5.41) is 8.04.